The molecule has 0 aliphatic heterocycles. The molecule has 0 unspecified atom stereocenters. The molecule has 2 amide bonds. The Bertz CT molecular complexity index is 788. The third-order valence-electron chi connectivity index (χ3n) is 3.32. The number of anilines is 2. The van der Waals surface area contributed by atoms with E-state index in [1.165, 1.54) is 24.1 Å². The number of nitrogens with zero attached hydrogens (tertiary/aromatic N) is 1. The highest BCUT2D eigenvalue weighted by atomic mass is 79.9. The maximum Gasteiger partial charge on any atom is 0.244 e. The Kier molecular flexibility index (Phi) is 6.78. The smallest absolute Gasteiger partial charge is 0.244 e. The Hall–Kier alpha value is -2.12. The van der Waals surface area contributed by atoms with Crippen LogP contribution in [0.3, 0.4) is 0 Å². The molecular weight excluding hydrogens is 413 g/mol. The molecule has 0 aromatic heterocycles. The minimum Gasteiger partial charge on any atom is -0.374 e. The average molecular weight is 429 g/mol. The van der Waals surface area contributed by atoms with Crippen LogP contribution < -0.4 is 10.6 Å². The van der Waals surface area contributed by atoms with Crippen LogP contribution >= 0.6 is 27.5 Å². The molecule has 0 fully saturated rings. The van der Waals surface area contributed by atoms with E-state index < -0.39 is 5.82 Å². The molecule has 25 heavy (non-hydrogen) atoms. The number of para-hydroxylation sites is 1. The lowest BCUT2D eigenvalue weighted by Crippen LogP contribution is -2.38. The number of likely N-dealkylation sites (N-methyl/N-ethyl adjacent to an activating group) is 1. The summed E-state index contributed by atoms with van der Waals surface area (Å²) in [7, 11) is 1.49. The van der Waals surface area contributed by atoms with Gasteiger partial charge in [-0.1, -0.05) is 39.7 Å². The molecule has 0 heterocycles. The number of amides is 2. The summed E-state index contributed by atoms with van der Waals surface area (Å²) in [4.78, 5) is 25.3. The van der Waals surface area contributed by atoms with Crippen LogP contribution in [0.4, 0.5) is 15.8 Å². The van der Waals surface area contributed by atoms with Crippen molar-refractivity contribution in [3.05, 3.63) is 57.8 Å². The summed E-state index contributed by atoms with van der Waals surface area (Å²) >= 11 is 9.13. The quantitative estimate of drug-likeness (QED) is 0.737. The van der Waals surface area contributed by atoms with Gasteiger partial charge in [-0.15, -0.1) is 0 Å². The molecule has 0 spiro atoms. The van der Waals surface area contributed by atoms with Crippen molar-refractivity contribution in [3.8, 4) is 0 Å². The molecule has 0 aliphatic rings. The van der Waals surface area contributed by atoms with Crippen LogP contribution in [0.5, 0.6) is 0 Å². The number of hydrogen-bond donors (Lipinski definition) is 2. The van der Waals surface area contributed by atoms with E-state index in [4.69, 9.17) is 11.6 Å². The van der Waals surface area contributed by atoms with Crippen LogP contribution in [-0.2, 0) is 9.59 Å². The topological polar surface area (TPSA) is 61.4 Å². The Morgan fingerprint density at radius 2 is 1.92 bits per heavy atom. The molecule has 132 valence electrons. The predicted molar refractivity (Wildman–Crippen MR) is 100 cm³/mol. The van der Waals surface area contributed by atoms with E-state index in [1.54, 1.807) is 30.3 Å². The molecule has 0 bridgehead atoms. The first-order chi connectivity index (χ1) is 11.9. The van der Waals surface area contributed by atoms with Gasteiger partial charge in [0.1, 0.15) is 5.82 Å². The fourth-order valence-electron chi connectivity index (χ4n) is 1.99. The standard InChI is InChI=1S/C17H16BrClFN3O2/c1-23(10-16(24)22-14-5-3-2-4-12(14)19)17(25)9-21-15-7-6-11(18)8-13(15)20/h2-8,21H,9-10H2,1H3,(H,22,24). The van der Waals surface area contributed by atoms with Gasteiger partial charge in [0.05, 0.1) is 29.5 Å². The van der Waals surface area contributed by atoms with Crippen LogP contribution in [0, 0.1) is 5.82 Å². The third-order valence-corrected chi connectivity index (χ3v) is 4.14. The van der Waals surface area contributed by atoms with Gasteiger partial charge in [-0.05, 0) is 30.3 Å². The Morgan fingerprint density at radius 3 is 2.60 bits per heavy atom. The zero-order valence-electron chi connectivity index (χ0n) is 13.4. The highest BCUT2D eigenvalue weighted by Gasteiger charge is 2.14. The van der Waals surface area contributed by atoms with E-state index in [0.717, 1.165) is 0 Å². The summed E-state index contributed by atoms with van der Waals surface area (Å²) in [6.45, 7) is -0.275. The van der Waals surface area contributed by atoms with Gasteiger partial charge in [-0.2, -0.15) is 0 Å². The van der Waals surface area contributed by atoms with E-state index in [2.05, 4.69) is 26.6 Å². The second-order valence-electron chi connectivity index (χ2n) is 5.26. The van der Waals surface area contributed by atoms with Gasteiger partial charge in [-0.3, -0.25) is 9.59 Å². The number of nitrogens with one attached hydrogen (secondary N) is 2. The Morgan fingerprint density at radius 1 is 1.20 bits per heavy atom. The van der Waals surface area contributed by atoms with E-state index in [0.29, 0.717) is 15.2 Å². The highest BCUT2D eigenvalue weighted by molar-refractivity contribution is 9.10. The fraction of sp³-hybridized carbons (Fsp3) is 0.176. The molecule has 5 nitrogen and oxygen atoms in total. The third kappa shape index (κ3) is 5.72. The van der Waals surface area contributed by atoms with E-state index in [1.807, 2.05) is 0 Å². The fourth-order valence-corrected chi connectivity index (χ4v) is 2.51. The van der Waals surface area contributed by atoms with Crippen molar-refractivity contribution >= 4 is 50.7 Å². The Labute approximate surface area is 158 Å². The zero-order chi connectivity index (χ0) is 18.4. The molecule has 0 aliphatic carbocycles. The molecule has 8 heteroatoms. The second-order valence-corrected chi connectivity index (χ2v) is 6.58. The van der Waals surface area contributed by atoms with Gasteiger partial charge >= 0.3 is 0 Å². The normalized spacial score (nSPS) is 10.2. The van der Waals surface area contributed by atoms with Gasteiger partial charge in [0.25, 0.3) is 0 Å². The number of carbonyl (C=O) groups is 2. The van der Waals surface area contributed by atoms with Crippen LogP contribution in [0.15, 0.2) is 46.9 Å². The van der Waals surface area contributed by atoms with Gasteiger partial charge in [-0.25, -0.2) is 4.39 Å². The summed E-state index contributed by atoms with van der Waals surface area (Å²) in [5.41, 5.74) is 0.690. The lowest BCUT2D eigenvalue weighted by atomic mass is 10.3. The summed E-state index contributed by atoms with van der Waals surface area (Å²) in [5, 5.41) is 5.76. The minimum atomic E-state index is -0.471. The number of hydrogen-bond acceptors (Lipinski definition) is 3. The largest absolute Gasteiger partial charge is 0.374 e. The SMILES string of the molecule is CN(CC(=O)Nc1ccccc1Cl)C(=O)CNc1ccc(Br)cc1F. The van der Waals surface area contributed by atoms with Crippen molar-refractivity contribution < 1.29 is 14.0 Å². The highest BCUT2D eigenvalue weighted by Crippen LogP contribution is 2.20. The zero-order valence-corrected chi connectivity index (χ0v) is 15.7. The molecule has 0 saturated carbocycles. The number of carbonyl (C=O) groups excluding carboxylic acids is 2. The van der Waals surface area contributed by atoms with Crippen LogP contribution in [0.2, 0.25) is 5.02 Å². The first-order valence-electron chi connectivity index (χ1n) is 7.34. The summed E-state index contributed by atoms with van der Waals surface area (Å²) in [5.74, 6) is -1.20. The molecule has 2 aromatic carbocycles. The van der Waals surface area contributed by atoms with Crippen molar-refractivity contribution in [2.45, 2.75) is 0 Å². The first-order valence-corrected chi connectivity index (χ1v) is 8.51. The van der Waals surface area contributed by atoms with E-state index in [-0.39, 0.29) is 30.6 Å². The van der Waals surface area contributed by atoms with Crippen LogP contribution in [0.25, 0.3) is 0 Å². The molecule has 2 rings (SSSR count). The lowest BCUT2D eigenvalue weighted by molar-refractivity contribution is -0.131. The van der Waals surface area contributed by atoms with Crippen LogP contribution in [0.1, 0.15) is 0 Å². The summed E-state index contributed by atoms with van der Waals surface area (Å²) in [6.07, 6.45) is 0. The second kappa shape index (κ2) is 8.82. The molecule has 0 atom stereocenters. The number of benzene rings is 2. The molecule has 0 saturated heterocycles. The summed E-state index contributed by atoms with van der Waals surface area (Å²) in [6, 6.07) is 11.3. The predicted octanol–water partition coefficient (Wildman–Crippen LogP) is 3.75. The minimum absolute atomic E-state index is 0.131. The van der Waals surface area contributed by atoms with Gasteiger partial charge in [0.15, 0.2) is 0 Å². The summed E-state index contributed by atoms with van der Waals surface area (Å²) < 4.78 is 14.3. The molecule has 0 radical (unpaired) electrons. The van der Waals surface area contributed by atoms with E-state index in [9.17, 15) is 14.0 Å². The monoisotopic (exact) mass is 427 g/mol. The Balaban J connectivity index is 1.85. The van der Waals surface area contributed by atoms with E-state index >= 15 is 0 Å². The average Bonchev–Trinajstić information content (AvgIpc) is 2.55. The van der Waals surface area contributed by atoms with Gasteiger partial charge < -0.3 is 15.5 Å². The van der Waals surface area contributed by atoms with Gasteiger partial charge in [0.2, 0.25) is 11.8 Å². The van der Waals surface area contributed by atoms with Crippen molar-refractivity contribution in [1.82, 2.24) is 4.90 Å². The van der Waals surface area contributed by atoms with Gasteiger partial charge in [0, 0.05) is 11.5 Å². The van der Waals surface area contributed by atoms with Crippen molar-refractivity contribution in [3.63, 3.8) is 0 Å². The lowest BCUT2D eigenvalue weighted by Gasteiger charge is -2.18. The van der Waals surface area contributed by atoms with Crippen LogP contribution in [-0.4, -0.2) is 36.9 Å². The van der Waals surface area contributed by atoms with Crippen molar-refractivity contribution in [1.29, 1.82) is 0 Å². The molecule has 2 N–H and O–H groups in total. The van der Waals surface area contributed by atoms with Crippen molar-refractivity contribution in [2.24, 2.45) is 0 Å². The maximum absolute atomic E-state index is 13.7. The first kappa shape index (κ1) is 19.2. The number of halogens is 3. The maximum atomic E-state index is 13.7. The molecule has 2 aromatic rings. The van der Waals surface area contributed by atoms with Crippen molar-refractivity contribution in [2.75, 3.05) is 30.8 Å². The number of rotatable bonds is 6. The molecular formula is C17H16BrClFN3O2.